The minimum Gasteiger partial charge on any atom is -0.237 e. The van der Waals surface area contributed by atoms with Crippen LogP contribution in [0.4, 0.5) is 13.2 Å². The van der Waals surface area contributed by atoms with Crippen LogP contribution < -0.4 is 0 Å². The van der Waals surface area contributed by atoms with Gasteiger partial charge in [-0.15, -0.1) is 0 Å². The fourth-order valence-electron chi connectivity index (χ4n) is 2.06. The molecule has 112 valence electrons. The fraction of sp³-hybridized carbons (Fsp3) is 0.143. The van der Waals surface area contributed by atoms with Crippen LogP contribution in [0.25, 0.3) is 22.6 Å². The van der Waals surface area contributed by atoms with Gasteiger partial charge < -0.3 is 0 Å². The first-order valence-electron chi connectivity index (χ1n) is 6.32. The number of alkyl halides is 3. The highest BCUT2D eigenvalue weighted by Crippen LogP contribution is 2.30. The molecule has 0 radical (unpaired) electrons. The van der Waals surface area contributed by atoms with Gasteiger partial charge >= 0.3 is 6.18 Å². The Balaban J connectivity index is 2.09. The second-order valence-electron chi connectivity index (χ2n) is 4.71. The number of benzene rings is 1. The number of nitrogens with one attached hydrogen (secondary N) is 1. The number of rotatable bonds is 2. The van der Waals surface area contributed by atoms with E-state index in [4.69, 9.17) is 0 Å². The summed E-state index contributed by atoms with van der Waals surface area (Å²) in [4.78, 5) is 7.53. The van der Waals surface area contributed by atoms with Gasteiger partial charge in [-0.1, -0.05) is 0 Å². The second kappa shape index (κ2) is 5.21. The molecule has 0 atom stereocenters. The van der Waals surface area contributed by atoms with Gasteiger partial charge in [-0.3, -0.25) is 0 Å². The molecule has 0 aliphatic carbocycles. The standard InChI is InChI=1S/C14H10F3N5/c1-8-4-9(11-7-19-22-21-11)6-10(5-8)13-18-3-2-12(20-13)14(15,16)17/h2-7H,1H3,(H,19,21,22). The molecule has 0 fully saturated rings. The Kier molecular flexibility index (Phi) is 3.36. The fourth-order valence-corrected chi connectivity index (χ4v) is 2.06. The van der Waals surface area contributed by atoms with Crippen LogP contribution in [-0.2, 0) is 6.18 Å². The average molecular weight is 305 g/mol. The zero-order valence-electron chi connectivity index (χ0n) is 11.4. The second-order valence-corrected chi connectivity index (χ2v) is 4.71. The smallest absolute Gasteiger partial charge is 0.237 e. The largest absolute Gasteiger partial charge is 0.433 e. The van der Waals surface area contributed by atoms with Crippen LogP contribution in [0, 0.1) is 6.92 Å². The summed E-state index contributed by atoms with van der Waals surface area (Å²) in [6.45, 7) is 1.83. The SMILES string of the molecule is Cc1cc(-c2cn[nH]n2)cc(-c2nccc(C(F)(F)F)n2)c1. The van der Waals surface area contributed by atoms with E-state index in [2.05, 4.69) is 25.4 Å². The average Bonchev–Trinajstić information content (AvgIpc) is 3.00. The van der Waals surface area contributed by atoms with E-state index < -0.39 is 11.9 Å². The topological polar surface area (TPSA) is 67.3 Å². The first-order valence-corrected chi connectivity index (χ1v) is 6.32. The zero-order valence-corrected chi connectivity index (χ0v) is 11.4. The van der Waals surface area contributed by atoms with Gasteiger partial charge in [0.25, 0.3) is 0 Å². The number of H-pyrrole nitrogens is 1. The van der Waals surface area contributed by atoms with E-state index in [9.17, 15) is 13.2 Å². The van der Waals surface area contributed by atoms with E-state index in [1.54, 1.807) is 12.1 Å². The maximum atomic E-state index is 12.8. The van der Waals surface area contributed by atoms with Crippen molar-refractivity contribution in [1.82, 2.24) is 25.4 Å². The number of hydrogen-bond donors (Lipinski definition) is 1. The minimum atomic E-state index is -4.50. The molecule has 5 nitrogen and oxygen atoms in total. The summed E-state index contributed by atoms with van der Waals surface area (Å²) in [5.41, 5.74) is 1.70. The van der Waals surface area contributed by atoms with Crippen LogP contribution in [0.3, 0.4) is 0 Å². The van der Waals surface area contributed by atoms with Gasteiger partial charge in [0.05, 0.1) is 6.20 Å². The molecule has 0 aliphatic rings. The number of hydrogen-bond acceptors (Lipinski definition) is 4. The molecule has 0 unspecified atom stereocenters. The van der Waals surface area contributed by atoms with Gasteiger partial charge in [0.2, 0.25) is 0 Å². The lowest BCUT2D eigenvalue weighted by Gasteiger charge is -2.08. The highest BCUT2D eigenvalue weighted by molar-refractivity contribution is 5.68. The van der Waals surface area contributed by atoms with Crippen LogP contribution in [0.15, 0.2) is 36.7 Å². The van der Waals surface area contributed by atoms with E-state index in [0.717, 1.165) is 23.4 Å². The van der Waals surface area contributed by atoms with Gasteiger partial charge in [-0.25, -0.2) is 9.97 Å². The van der Waals surface area contributed by atoms with E-state index in [-0.39, 0.29) is 5.82 Å². The lowest BCUT2D eigenvalue weighted by atomic mass is 10.0. The molecule has 0 bridgehead atoms. The Bertz CT molecular complexity index is 796. The molecule has 0 aliphatic heterocycles. The summed E-state index contributed by atoms with van der Waals surface area (Å²) in [6.07, 6.45) is -1.87. The van der Waals surface area contributed by atoms with E-state index in [0.29, 0.717) is 11.3 Å². The molecule has 2 aromatic heterocycles. The normalized spacial score (nSPS) is 11.6. The molecule has 0 saturated heterocycles. The van der Waals surface area contributed by atoms with E-state index in [1.807, 2.05) is 13.0 Å². The van der Waals surface area contributed by atoms with E-state index >= 15 is 0 Å². The molecule has 3 aromatic rings. The van der Waals surface area contributed by atoms with E-state index in [1.165, 1.54) is 6.20 Å². The highest BCUT2D eigenvalue weighted by Gasteiger charge is 2.32. The lowest BCUT2D eigenvalue weighted by molar-refractivity contribution is -0.141. The quantitative estimate of drug-likeness (QED) is 0.789. The Labute approximate surface area is 123 Å². The number of aromatic amines is 1. The van der Waals surface area contributed by atoms with Crippen LogP contribution >= 0.6 is 0 Å². The molecular weight excluding hydrogens is 295 g/mol. The molecule has 0 spiro atoms. The summed E-state index contributed by atoms with van der Waals surface area (Å²) >= 11 is 0. The van der Waals surface area contributed by atoms with Crippen molar-refractivity contribution >= 4 is 0 Å². The molecule has 2 heterocycles. The Morgan fingerprint density at radius 2 is 1.86 bits per heavy atom. The van der Waals surface area contributed by atoms with Crippen molar-refractivity contribution in [2.75, 3.05) is 0 Å². The van der Waals surface area contributed by atoms with Crippen molar-refractivity contribution in [1.29, 1.82) is 0 Å². The molecule has 3 rings (SSSR count). The number of halogens is 3. The molecule has 1 N–H and O–H groups in total. The first-order chi connectivity index (χ1) is 10.4. The van der Waals surface area contributed by atoms with Crippen molar-refractivity contribution in [2.45, 2.75) is 13.1 Å². The van der Waals surface area contributed by atoms with Crippen LogP contribution in [-0.4, -0.2) is 25.4 Å². The summed E-state index contributed by atoms with van der Waals surface area (Å²) in [7, 11) is 0. The minimum absolute atomic E-state index is 0.0169. The summed E-state index contributed by atoms with van der Waals surface area (Å²) in [6, 6.07) is 6.10. The Morgan fingerprint density at radius 1 is 1.09 bits per heavy atom. The van der Waals surface area contributed by atoms with Crippen LogP contribution in [0.5, 0.6) is 0 Å². The molecule has 22 heavy (non-hydrogen) atoms. The number of aryl methyl sites for hydroxylation is 1. The maximum Gasteiger partial charge on any atom is 0.433 e. The molecule has 0 saturated carbocycles. The molecule has 0 amide bonds. The maximum absolute atomic E-state index is 12.8. The van der Waals surface area contributed by atoms with Gasteiger partial charge in [0, 0.05) is 17.3 Å². The van der Waals surface area contributed by atoms with Gasteiger partial charge in [-0.2, -0.15) is 28.6 Å². The monoisotopic (exact) mass is 305 g/mol. The Morgan fingerprint density at radius 3 is 2.55 bits per heavy atom. The van der Waals surface area contributed by atoms with Crippen molar-refractivity contribution < 1.29 is 13.2 Å². The summed E-state index contributed by atoms with van der Waals surface area (Å²) in [5, 5.41) is 10.2. The third kappa shape index (κ3) is 2.80. The third-order valence-corrected chi connectivity index (χ3v) is 2.99. The number of nitrogens with zero attached hydrogens (tertiary/aromatic N) is 4. The lowest BCUT2D eigenvalue weighted by Crippen LogP contribution is -2.09. The predicted molar refractivity (Wildman–Crippen MR) is 72.6 cm³/mol. The summed E-state index contributed by atoms with van der Waals surface area (Å²) < 4.78 is 38.3. The van der Waals surface area contributed by atoms with Crippen molar-refractivity contribution in [3.63, 3.8) is 0 Å². The van der Waals surface area contributed by atoms with Crippen molar-refractivity contribution in [2.24, 2.45) is 0 Å². The van der Waals surface area contributed by atoms with Crippen molar-refractivity contribution in [3.8, 4) is 22.6 Å². The molecule has 1 aromatic carbocycles. The Hall–Kier alpha value is -2.77. The summed E-state index contributed by atoms with van der Waals surface area (Å²) in [5.74, 6) is 0.0169. The van der Waals surface area contributed by atoms with Crippen LogP contribution in [0.2, 0.25) is 0 Å². The molecular formula is C14H10F3N5. The number of aromatic nitrogens is 5. The predicted octanol–water partition coefficient (Wildman–Crippen LogP) is 3.26. The van der Waals surface area contributed by atoms with Gasteiger partial charge in [0.15, 0.2) is 5.82 Å². The molecule has 8 heteroatoms. The highest BCUT2D eigenvalue weighted by atomic mass is 19.4. The van der Waals surface area contributed by atoms with Crippen molar-refractivity contribution in [3.05, 3.63) is 47.9 Å². The third-order valence-electron chi connectivity index (χ3n) is 2.99. The first kappa shape index (κ1) is 14.2. The van der Waals surface area contributed by atoms with Gasteiger partial charge in [0.1, 0.15) is 11.4 Å². The van der Waals surface area contributed by atoms with Gasteiger partial charge in [-0.05, 0) is 36.8 Å². The van der Waals surface area contributed by atoms with Crippen LogP contribution in [0.1, 0.15) is 11.3 Å². The zero-order chi connectivity index (χ0) is 15.7.